The number of sulfonamides is 1. The van der Waals surface area contributed by atoms with Crippen LogP contribution in [0.4, 0.5) is 11.4 Å². The largest absolute Gasteiger partial charge is 0.493 e. The Morgan fingerprint density at radius 1 is 1.04 bits per heavy atom. The summed E-state index contributed by atoms with van der Waals surface area (Å²) in [6, 6.07) is 12.0. The molecule has 1 heterocycles. The van der Waals surface area contributed by atoms with Gasteiger partial charge in [-0.25, -0.2) is 8.42 Å². The Hall–Kier alpha value is -2.41. The molecule has 1 N–H and O–H groups in total. The lowest BCUT2D eigenvalue weighted by Crippen LogP contribution is -2.50. The van der Waals surface area contributed by atoms with Crippen molar-refractivity contribution in [1.82, 2.24) is 0 Å². The second kappa shape index (κ2) is 6.15. The van der Waals surface area contributed by atoms with Gasteiger partial charge in [0.15, 0.2) is 11.5 Å². The molecule has 0 unspecified atom stereocenters. The lowest BCUT2D eigenvalue weighted by Gasteiger charge is -2.41. The highest BCUT2D eigenvalue weighted by molar-refractivity contribution is 7.92. The average molecular weight is 362 g/mol. The fraction of sp³-hybridized carbons (Fsp3) is 0.333. The van der Waals surface area contributed by atoms with Crippen LogP contribution in [0.15, 0.2) is 47.4 Å². The second-order valence-corrected chi connectivity index (χ2v) is 8.42. The van der Waals surface area contributed by atoms with Crippen molar-refractivity contribution in [3.63, 3.8) is 0 Å². The van der Waals surface area contributed by atoms with Crippen LogP contribution in [0.25, 0.3) is 0 Å². The van der Waals surface area contributed by atoms with Crippen LogP contribution in [0.1, 0.15) is 13.8 Å². The standard InChI is InChI=1S/C18H22N2O4S/c1-18(2)12-20(15-8-6-5-7-14(15)19-18)25(21,22)13-9-10-16(23-3)17(11-13)24-4/h5-11,19H,12H2,1-4H3. The zero-order valence-corrected chi connectivity index (χ0v) is 15.6. The molecule has 0 fully saturated rings. The third-order valence-electron chi connectivity index (χ3n) is 4.13. The lowest BCUT2D eigenvalue weighted by atomic mass is 10.0. The van der Waals surface area contributed by atoms with Crippen molar-refractivity contribution in [2.75, 3.05) is 30.4 Å². The maximum atomic E-state index is 13.3. The zero-order valence-electron chi connectivity index (χ0n) is 14.7. The van der Waals surface area contributed by atoms with Gasteiger partial charge < -0.3 is 14.8 Å². The van der Waals surface area contributed by atoms with Crippen molar-refractivity contribution in [2.45, 2.75) is 24.3 Å². The molecule has 0 atom stereocenters. The van der Waals surface area contributed by atoms with Gasteiger partial charge in [0.1, 0.15) is 0 Å². The minimum absolute atomic E-state index is 0.164. The summed E-state index contributed by atoms with van der Waals surface area (Å²) >= 11 is 0. The van der Waals surface area contributed by atoms with Crippen LogP contribution in [0.5, 0.6) is 11.5 Å². The molecule has 25 heavy (non-hydrogen) atoms. The minimum Gasteiger partial charge on any atom is -0.493 e. The van der Waals surface area contributed by atoms with Crippen LogP contribution >= 0.6 is 0 Å². The highest BCUT2D eigenvalue weighted by atomic mass is 32.2. The van der Waals surface area contributed by atoms with E-state index in [1.54, 1.807) is 12.1 Å². The van der Waals surface area contributed by atoms with Crippen molar-refractivity contribution < 1.29 is 17.9 Å². The average Bonchev–Trinajstić information content (AvgIpc) is 2.59. The molecule has 6 nitrogen and oxygen atoms in total. The van der Waals surface area contributed by atoms with Gasteiger partial charge in [-0.3, -0.25) is 4.31 Å². The number of benzene rings is 2. The normalized spacial score (nSPS) is 15.9. The molecular formula is C18H22N2O4S. The Kier molecular flexibility index (Phi) is 4.28. The Morgan fingerprint density at radius 2 is 1.72 bits per heavy atom. The topological polar surface area (TPSA) is 67.9 Å². The molecule has 2 aromatic carbocycles. The Morgan fingerprint density at radius 3 is 2.40 bits per heavy atom. The number of fused-ring (bicyclic) bond motifs is 1. The van der Waals surface area contributed by atoms with Gasteiger partial charge in [-0.1, -0.05) is 12.1 Å². The van der Waals surface area contributed by atoms with E-state index < -0.39 is 15.6 Å². The van der Waals surface area contributed by atoms with Gasteiger partial charge >= 0.3 is 0 Å². The van der Waals surface area contributed by atoms with Crippen molar-refractivity contribution in [1.29, 1.82) is 0 Å². The maximum Gasteiger partial charge on any atom is 0.264 e. The van der Waals surface area contributed by atoms with Gasteiger partial charge in [-0.05, 0) is 38.1 Å². The molecule has 2 aromatic rings. The molecule has 0 saturated heterocycles. The number of nitrogens with zero attached hydrogens (tertiary/aromatic N) is 1. The van der Waals surface area contributed by atoms with Crippen molar-refractivity contribution in [2.24, 2.45) is 0 Å². The third-order valence-corrected chi connectivity index (χ3v) is 5.88. The van der Waals surface area contributed by atoms with E-state index in [0.717, 1.165) is 5.69 Å². The van der Waals surface area contributed by atoms with Crippen LogP contribution in [0.2, 0.25) is 0 Å². The van der Waals surface area contributed by atoms with E-state index in [2.05, 4.69) is 5.32 Å². The molecule has 0 saturated carbocycles. The molecule has 0 aliphatic carbocycles. The summed E-state index contributed by atoms with van der Waals surface area (Å²) in [7, 11) is -0.748. The number of para-hydroxylation sites is 2. The van der Waals surface area contributed by atoms with E-state index in [-0.39, 0.29) is 4.90 Å². The smallest absolute Gasteiger partial charge is 0.264 e. The van der Waals surface area contributed by atoms with E-state index >= 15 is 0 Å². The quantitative estimate of drug-likeness (QED) is 0.905. The van der Waals surface area contributed by atoms with Gasteiger partial charge in [0.25, 0.3) is 10.0 Å². The number of anilines is 2. The first-order valence-corrected chi connectivity index (χ1v) is 9.34. The van der Waals surface area contributed by atoms with E-state index in [4.69, 9.17) is 9.47 Å². The molecule has 0 amide bonds. The van der Waals surface area contributed by atoms with E-state index in [0.29, 0.717) is 23.7 Å². The van der Waals surface area contributed by atoms with Crippen LogP contribution in [-0.2, 0) is 10.0 Å². The lowest BCUT2D eigenvalue weighted by molar-refractivity contribution is 0.354. The van der Waals surface area contributed by atoms with Crippen LogP contribution in [-0.4, -0.2) is 34.7 Å². The molecule has 3 rings (SSSR count). The van der Waals surface area contributed by atoms with Crippen molar-refractivity contribution in [3.8, 4) is 11.5 Å². The SMILES string of the molecule is COc1ccc(S(=O)(=O)N2CC(C)(C)Nc3ccccc32)cc1OC. The molecule has 1 aliphatic heterocycles. The fourth-order valence-electron chi connectivity index (χ4n) is 2.96. The summed E-state index contributed by atoms with van der Waals surface area (Å²) in [6.07, 6.45) is 0. The first kappa shape index (κ1) is 17.4. The number of rotatable bonds is 4. The zero-order chi connectivity index (χ0) is 18.2. The number of hydrogen-bond donors (Lipinski definition) is 1. The summed E-state index contributed by atoms with van der Waals surface area (Å²) in [5.74, 6) is 0.869. The summed E-state index contributed by atoms with van der Waals surface area (Å²) < 4.78 is 38.5. The summed E-state index contributed by atoms with van der Waals surface area (Å²) in [6.45, 7) is 4.26. The predicted octanol–water partition coefficient (Wildman–Crippen LogP) is 3.10. The van der Waals surface area contributed by atoms with Gasteiger partial charge in [0.05, 0.1) is 42.6 Å². The molecule has 0 spiro atoms. The highest BCUT2D eigenvalue weighted by Crippen LogP contribution is 2.39. The molecule has 7 heteroatoms. The number of methoxy groups -OCH3 is 2. The van der Waals surface area contributed by atoms with Crippen molar-refractivity contribution >= 4 is 21.4 Å². The molecule has 1 aliphatic rings. The van der Waals surface area contributed by atoms with Crippen LogP contribution in [0, 0.1) is 0 Å². The predicted molar refractivity (Wildman–Crippen MR) is 98.2 cm³/mol. The monoisotopic (exact) mass is 362 g/mol. The van der Waals surface area contributed by atoms with Gasteiger partial charge in [0, 0.05) is 6.07 Å². The molecule has 0 radical (unpaired) electrons. The molecule has 0 bridgehead atoms. The number of ether oxygens (including phenoxy) is 2. The molecule has 0 aromatic heterocycles. The van der Waals surface area contributed by atoms with Gasteiger partial charge in [0.2, 0.25) is 0 Å². The van der Waals surface area contributed by atoms with Crippen molar-refractivity contribution in [3.05, 3.63) is 42.5 Å². The first-order valence-electron chi connectivity index (χ1n) is 7.90. The van der Waals surface area contributed by atoms with E-state index in [9.17, 15) is 8.42 Å². The van der Waals surface area contributed by atoms with Crippen LogP contribution in [0.3, 0.4) is 0 Å². The van der Waals surface area contributed by atoms with Gasteiger partial charge in [-0.15, -0.1) is 0 Å². The maximum absolute atomic E-state index is 13.3. The third kappa shape index (κ3) is 3.11. The Bertz CT molecular complexity index is 894. The molecular weight excluding hydrogens is 340 g/mol. The van der Waals surface area contributed by atoms with Gasteiger partial charge in [-0.2, -0.15) is 0 Å². The Balaban J connectivity index is 2.11. The second-order valence-electron chi connectivity index (χ2n) is 6.55. The number of nitrogens with one attached hydrogen (secondary N) is 1. The van der Waals surface area contributed by atoms with E-state index in [1.807, 2.05) is 32.0 Å². The highest BCUT2D eigenvalue weighted by Gasteiger charge is 2.36. The first-order chi connectivity index (χ1) is 11.8. The minimum atomic E-state index is -3.75. The summed E-state index contributed by atoms with van der Waals surface area (Å²) in [4.78, 5) is 0.164. The summed E-state index contributed by atoms with van der Waals surface area (Å²) in [5.41, 5.74) is 1.04. The summed E-state index contributed by atoms with van der Waals surface area (Å²) in [5, 5.41) is 3.38. The van der Waals surface area contributed by atoms with Crippen LogP contribution < -0.4 is 19.1 Å². The molecule has 134 valence electrons. The van der Waals surface area contributed by atoms with E-state index in [1.165, 1.54) is 30.7 Å². The Labute approximate surface area is 148 Å². The number of hydrogen-bond acceptors (Lipinski definition) is 5. The fourth-order valence-corrected chi connectivity index (χ4v) is 4.63.